The van der Waals surface area contributed by atoms with Crippen molar-refractivity contribution in [2.24, 2.45) is 0 Å². The Kier molecular flexibility index (Phi) is 4.82. The highest BCUT2D eigenvalue weighted by atomic mass is 32.2. The van der Waals surface area contributed by atoms with Crippen LogP contribution in [-0.4, -0.2) is 45.5 Å². The number of ether oxygens (including phenoxy) is 1. The monoisotopic (exact) mass is 257 g/mol. The summed E-state index contributed by atoms with van der Waals surface area (Å²) < 4.78 is 5.31. The van der Waals surface area contributed by atoms with E-state index >= 15 is 0 Å². The molecule has 0 aromatic carbocycles. The van der Waals surface area contributed by atoms with Crippen molar-refractivity contribution in [1.29, 1.82) is 0 Å². The number of aliphatic hydroxyl groups is 1. The maximum absolute atomic E-state index is 9.88. The van der Waals surface area contributed by atoms with Gasteiger partial charge in [0.2, 0.25) is 0 Å². The number of nitrogens with one attached hydrogen (secondary N) is 1. The molecule has 6 heteroatoms. The van der Waals surface area contributed by atoms with Crippen LogP contribution in [0.5, 0.6) is 0 Å². The first-order chi connectivity index (χ1) is 8.31. The third-order valence-corrected chi connectivity index (χ3v) is 3.67. The summed E-state index contributed by atoms with van der Waals surface area (Å²) in [4.78, 5) is 4.41. The molecule has 1 aromatic rings. The highest BCUT2D eigenvalue weighted by Crippen LogP contribution is 2.25. The molecule has 0 aliphatic carbocycles. The molecule has 0 saturated carbocycles. The number of hydrogen-bond donors (Lipinski definition) is 2. The van der Waals surface area contributed by atoms with Gasteiger partial charge in [-0.2, -0.15) is 16.9 Å². The van der Waals surface area contributed by atoms with Gasteiger partial charge in [-0.05, 0) is 31.3 Å². The standard InChI is InChI=1S/C11H19N3O2S/c1-17-7-4-9(15)11-12-10(13-14-11)8-2-5-16-6-3-8/h8-9,15H,2-7H2,1H3,(H,12,13,14). The first-order valence-corrected chi connectivity index (χ1v) is 7.37. The highest BCUT2D eigenvalue weighted by molar-refractivity contribution is 7.98. The Hall–Kier alpha value is -0.590. The molecule has 1 fully saturated rings. The van der Waals surface area contributed by atoms with Gasteiger partial charge in [-0.1, -0.05) is 0 Å². The van der Waals surface area contributed by atoms with Gasteiger partial charge >= 0.3 is 0 Å². The largest absolute Gasteiger partial charge is 0.385 e. The Morgan fingerprint density at radius 3 is 3.00 bits per heavy atom. The van der Waals surface area contributed by atoms with Gasteiger partial charge in [-0.3, -0.25) is 5.10 Å². The van der Waals surface area contributed by atoms with Crippen molar-refractivity contribution in [2.45, 2.75) is 31.3 Å². The lowest BCUT2D eigenvalue weighted by Gasteiger charge is -2.19. The zero-order valence-electron chi connectivity index (χ0n) is 10.1. The van der Waals surface area contributed by atoms with Crippen LogP contribution in [0.4, 0.5) is 0 Å². The summed E-state index contributed by atoms with van der Waals surface area (Å²) in [5.41, 5.74) is 0. The minimum absolute atomic E-state index is 0.401. The summed E-state index contributed by atoms with van der Waals surface area (Å²) in [6, 6.07) is 0. The molecule has 1 atom stereocenters. The third-order valence-electron chi connectivity index (χ3n) is 3.02. The van der Waals surface area contributed by atoms with Gasteiger partial charge in [0.15, 0.2) is 5.82 Å². The van der Waals surface area contributed by atoms with E-state index in [2.05, 4.69) is 15.2 Å². The molecule has 2 N–H and O–H groups in total. The van der Waals surface area contributed by atoms with Gasteiger partial charge in [0.05, 0.1) is 0 Å². The second kappa shape index (κ2) is 6.37. The number of nitrogens with zero attached hydrogens (tertiary/aromatic N) is 2. The van der Waals surface area contributed by atoms with Crippen molar-refractivity contribution in [2.75, 3.05) is 25.2 Å². The SMILES string of the molecule is CSCCC(O)c1n[nH]c(C2CCOCC2)n1. The zero-order chi connectivity index (χ0) is 12.1. The number of thioether (sulfide) groups is 1. The van der Waals surface area contributed by atoms with E-state index in [0.717, 1.165) is 37.6 Å². The third kappa shape index (κ3) is 3.43. The van der Waals surface area contributed by atoms with Crippen molar-refractivity contribution in [3.8, 4) is 0 Å². The van der Waals surface area contributed by atoms with E-state index in [1.807, 2.05) is 6.26 Å². The van der Waals surface area contributed by atoms with E-state index in [-0.39, 0.29) is 0 Å². The fourth-order valence-electron chi connectivity index (χ4n) is 1.95. The molecule has 96 valence electrons. The van der Waals surface area contributed by atoms with E-state index in [9.17, 15) is 5.11 Å². The van der Waals surface area contributed by atoms with Crippen LogP contribution in [0.3, 0.4) is 0 Å². The van der Waals surface area contributed by atoms with Crippen LogP contribution in [-0.2, 0) is 4.74 Å². The maximum Gasteiger partial charge on any atom is 0.179 e. The van der Waals surface area contributed by atoms with Crippen molar-refractivity contribution in [3.63, 3.8) is 0 Å². The summed E-state index contributed by atoms with van der Waals surface area (Å²) in [6.07, 6.45) is 4.14. The van der Waals surface area contributed by atoms with E-state index in [1.54, 1.807) is 11.8 Å². The van der Waals surface area contributed by atoms with E-state index in [0.29, 0.717) is 18.2 Å². The fraction of sp³-hybridized carbons (Fsp3) is 0.818. The second-order valence-electron chi connectivity index (χ2n) is 4.26. The average molecular weight is 257 g/mol. The molecular weight excluding hydrogens is 238 g/mol. The topological polar surface area (TPSA) is 71.0 Å². The molecule has 1 saturated heterocycles. The summed E-state index contributed by atoms with van der Waals surface area (Å²) in [6.45, 7) is 1.57. The van der Waals surface area contributed by atoms with Crippen LogP contribution in [0.15, 0.2) is 0 Å². The average Bonchev–Trinajstić information content (AvgIpc) is 2.86. The van der Waals surface area contributed by atoms with Crippen LogP contribution >= 0.6 is 11.8 Å². The van der Waals surface area contributed by atoms with Gasteiger partial charge in [-0.25, -0.2) is 4.98 Å². The van der Waals surface area contributed by atoms with Crippen LogP contribution in [0.25, 0.3) is 0 Å². The molecule has 0 bridgehead atoms. The van der Waals surface area contributed by atoms with Crippen molar-refractivity contribution < 1.29 is 9.84 Å². The number of aromatic amines is 1. The number of hydrogen-bond acceptors (Lipinski definition) is 5. The van der Waals surface area contributed by atoms with Gasteiger partial charge < -0.3 is 9.84 Å². The summed E-state index contributed by atoms with van der Waals surface area (Å²) in [7, 11) is 0. The summed E-state index contributed by atoms with van der Waals surface area (Å²) in [5, 5.41) is 16.9. The normalized spacial score (nSPS) is 19.4. The smallest absolute Gasteiger partial charge is 0.179 e. The summed E-state index contributed by atoms with van der Waals surface area (Å²) in [5.74, 6) is 2.74. The lowest BCUT2D eigenvalue weighted by molar-refractivity contribution is 0.0836. The molecule has 17 heavy (non-hydrogen) atoms. The van der Waals surface area contributed by atoms with Gasteiger partial charge in [-0.15, -0.1) is 0 Å². The van der Waals surface area contributed by atoms with Crippen LogP contribution in [0.1, 0.15) is 42.9 Å². The lowest BCUT2D eigenvalue weighted by Crippen LogP contribution is -2.15. The molecule has 0 amide bonds. The van der Waals surface area contributed by atoms with E-state index < -0.39 is 6.10 Å². The minimum atomic E-state index is -0.549. The van der Waals surface area contributed by atoms with Crippen LogP contribution < -0.4 is 0 Å². The Morgan fingerprint density at radius 2 is 2.29 bits per heavy atom. The Morgan fingerprint density at radius 1 is 1.53 bits per heavy atom. The number of aliphatic hydroxyl groups excluding tert-OH is 1. The first kappa shape index (κ1) is 12.9. The Balaban J connectivity index is 1.94. The van der Waals surface area contributed by atoms with E-state index in [1.165, 1.54) is 0 Å². The molecule has 1 unspecified atom stereocenters. The first-order valence-electron chi connectivity index (χ1n) is 5.98. The molecule has 1 aliphatic rings. The minimum Gasteiger partial charge on any atom is -0.385 e. The Labute approximate surface area is 105 Å². The second-order valence-corrected chi connectivity index (χ2v) is 5.25. The zero-order valence-corrected chi connectivity index (χ0v) is 10.9. The van der Waals surface area contributed by atoms with Crippen molar-refractivity contribution >= 4 is 11.8 Å². The predicted molar refractivity (Wildman–Crippen MR) is 67.1 cm³/mol. The van der Waals surface area contributed by atoms with Gasteiger partial charge in [0.1, 0.15) is 11.9 Å². The summed E-state index contributed by atoms with van der Waals surface area (Å²) >= 11 is 1.72. The molecule has 2 heterocycles. The number of aromatic nitrogens is 3. The molecule has 0 spiro atoms. The highest BCUT2D eigenvalue weighted by Gasteiger charge is 2.21. The van der Waals surface area contributed by atoms with Crippen molar-refractivity contribution in [1.82, 2.24) is 15.2 Å². The van der Waals surface area contributed by atoms with Crippen LogP contribution in [0.2, 0.25) is 0 Å². The fourth-order valence-corrected chi connectivity index (χ4v) is 2.41. The lowest BCUT2D eigenvalue weighted by atomic mass is 10.00. The van der Waals surface area contributed by atoms with Crippen molar-refractivity contribution in [3.05, 3.63) is 11.6 Å². The molecule has 1 aromatic heterocycles. The van der Waals surface area contributed by atoms with Gasteiger partial charge in [0.25, 0.3) is 0 Å². The van der Waals surface area contributed by atoms with Gasteiger partial charge in [0, 0.05) is 19.1 Å². The Bertz CT molecular complexity index is 339. The molecule has 0 radical (unpaired) electrons. The number of rotatable bonds is 5. The number of H-pyrrole nitrogens is 1. The molecule has 1 aliphatic heterocycles. The molecular formula is C11H19N3O2S. The quantitative estimate of drug-likeness (QED) is 0.836. The van der Waals surface area contributed by atoms with Crippen LogP contribution in [0, 0.1) is 0 Å². The predicted octanol–water partition coefficient (Wildman–Crippen LogP) is 1.49. The molecule has 2 rings (SSSR count). The van der Waals surface area contributed by atoms with E-state index in [4.69, 9.17) is 4.74 Å². The maximum atomic E-state index is 9.88. The molecule has 5 nitrogen and oxygen atoms in total.